The highest BCUT2D eigenvalue weighted by atomic mass is 16.5. The van der Waals surface area contributed by atoms with Crippen LogP contribution in [0.15, 0.2) is 42.5 Å². The Morgan fingerprint density at radius 3 is 2.52 bits per heavy atom. The fourth-order valence-electron chi connectivity index (χ4n) is 4.73. The first-order chi connectivity index (χ1) is 15.1. The van der Waals surface area contributed by atoms with E-state index in [0.717, 1.165) is 37.3 Å². The highest BCUT2D eigenvalue weighted by Gasteiger charge is 2.23. The van der Waals surface area contributed by atoms with Gasteiger partial charge in [0.2, 0.25) is 0 Å². The van der Waals surface area contributed by atoms with Gasteiger partial charge in [0, 0.05) is 6.54 Å². The molecule has 0 N–H and O–H groups in total. The summed E-state index contributed by atoms with van der Waals surface area (Å²) in [5.41, 5.74) is 4.91. The number of nitrogens with zero attached hydrogens (tertiary/aromatic N) is 3. The molecule has 2 aromatic carbocycles. The van der Waals surface area contributed by atoms with Crippen molar-refractivity contribution in [1.29, 1.82) is 0 Å². The van der Waals surface area contributed by atoms with Gasteiger partial charge in [-0.05, 0) is 88.9 Å². The first-order valence-electron chi connectivity index (χ1n) is 12.0. The van der Waals surface area contributed by atoms with Gasteiger partial charge in [0.1, 0.15) is 11.6 Å². The molecule has 1 saturated heterocycles. The molecule has 0 spiro atoms. The summed E-state index contributed by atoms with van der Waals surface area (Å²) in [6, 6.07) is 15.2. The van der Waals surface area contributed by atoms with Crippen LogP contribution in [-0.2, 0) is 6.54 Å². The monoisotopic (exact) mass is 419 g/mol. The smallest absolute Gasteiger partial charge is 0.127 e. The van der Waals surface area contributed by atoms with Crippen LogP contribution in [0.5, 0.6) is 5.75 Å². The quantitative estimate of drug-likeness (QED) is 0.393. The zero-order chi connectivity index (χ0) is 21.6. The molecule has 0 radical (unpaired) electrons. The van der Waals surface area contributed by atoms with Gasteiger partial charge in [-0.25, -0.2) is 4.98 Å². The van der Waals surface area contributed by atoms with E-state index in [1.165, 1.54) is 61.2 Å². The van der Waals surface area contributed by atoms with E-state index in [4.69, 9.17) is 9.72 Å². The molecule has 31 heavy (non-hydrogen) atoms. The van der Waals surface area contributed by atoms with Gasteiger partial charge < -0.3 is 9.30 Å². The first-order valence-corrected chi connectivity index (χ1v) is 12.0. The van der Waals surface area contributed by atoms with Crippen LogP contribution in [0.4, 0.5) is 0 Å². The third kappa shape index (κ3) is 5.12. The minimum Gasteiger partial charge on any atom is -0.493 e. The van der Waals surface area contributed by atoms with Crippen LogP contribution in [0.1, 0.15) is 68.4 Å². The SMILES string of the molecule is Cc1cccc(OCCCCn2c(C(C)N3CCCCCC3)nc3ccccc32)c1C. The molecule has 4 heteroatoms. The Bertz CT molecular complexity index is 985. The molecule has 0 amide bonds. The normalized spacial score (nSPS) is 16.4. The molecule has 4 nitrogen and oxygen atoms in total. The third-order valence-electron chi connectivity index (χ3n) is 6.83. The van der Waals surface area contributed by atoms with Crippen molar-refractivity contribution in [3.63, 3.8) is 0 Å². The van der Waals surface area contributed by atoms with Crippen molar-refractivity contribution in [1.82, 2.24) is 14.5 Å². The van der Waals surface area contributed by atoms with Crippen molar-refractivity contribution in [2.45, 2.75) is 71.9 Å². The Morgan fingerprint density at radius 1 is 0.935 bits per heavy atom. The van der Waals surface area contributed by atoms with Crippen LogP contribution in [0.2, 0.25) is 0 Å². The van der Waals surface area contributed by atoms with Crippen LogP contribution in [0, 0.1) is 13.8 Å². The Kier molecular flexibility index (Phi) is 7.29. The van der Waals surface area contributed by atoms with Gasteiger partial charge in [0.25, 0.3) is 0 Å². The summed E-state index contributed by atoms with van der Waals surface area (Å²) in [5, 5.41) is 0. The number of ether oxygens (including phenoxy) is 1. The number of benzene rings is 2. The third-order valence-corrected chi connectivity index (χ3v) is 6.83. The second kappa shape index (κ2) is 10.3. The number of likely N-dealkylation sites (tertiary alicyclic amines) is 1. The van der Waals surface area contributed by atoms with Gasteiger partial charge in [-0.1, -0.05) is 37.1 Å². The van der Waals surface area contributed by atoms with E-state index in [-0.39, 0.29) is 0 Å². The molecule has 0 bridgehead atoms. The molecule has 0 aliphatic carbocycles. The topological polar surface area (TPSA) is 30.3 Å². The molecule has 0 saturated carbocycles. The lowest BCUT2D eigenvalue weighted by molar-refractivity contribution is 0.207. The first kappa shape index (κ1) is 21.9. The van der Waals surface area contributed by atoms with E-state index in [9.17, 15) is 0 Å². The summed E-state index contributed by atoms with van der Waals surface area (Å²) in [6.07, 6.45) is 7.46. The maximum Gasteiger partial charge on any atom is 0.127 e. The standard InChI is InChI=1S/C27H37N3O/c1-21-13-12-16-26(22(21)2)31-20-11-10-19-30-25-15-7-6-14-24(25)28-27(30)23(3)29-17-8-4-5-9-18-29/h6-7,12-16,23H,4-5,8-11,17-20H2,1-3H3. The van der Waals surface area contributed by atoms with Gasteiger partial charge in [-0.3, -0.25) is 4.90 Å². The van der Waals surface area contributed by atoms with Gasteiger partial charge in [0.15, 0.2) is 0 Å². The lowest BCUT2D eigenvalue weighted by atomic mass is 10.1. The predicted octanol–water partition coefficient (Wildman–Crippen LogP) is 6.45. The van der Waals surface area contributed by atoms with Crippen molar-refractivity contribution in [2.24, 2.45) is 0 Å². The summed E-state index contributed by atoms with van der Waals surface area (Å²) >= 11 is 0. The Hall–Kier alpha value is -2.33. The Balaban J connectivity index is 1.42. The molecular formula is C27H37N3O. The second-order valence-corrected chi connectivity index (χ2v) is 8.99. The fourth-order valence-corrected chi connectivity index (χ4v) is 4.73. The number of unbranched alkanes of at least 4 members (excludes halogenated alkanes) is 1. The minimum atomic E-state index is 0.358. The molecule has 1 aliphatic rings. The van der Waals surface area contributed by atoms with E-state index in [1.54, 1.807) is 0 Å². The zero-order valence-corrected chi connectivity index (χ0v) is 19.4. The number of para-hydroxylation sites is 2. The van der Waals surface area contributed by atoms with E-state index in [0.29, 0.717) is 6.04 Å². The largest absolute Gasteiger partial charge is 0.493 e. The lowest BCUT2D eigenvalue weighted by Gasteiger charge is -2.27. The average molecular weight is 420 g/mol. The highest BCUT2D eigenvalue weighted by molar-refractivity contribution is 5.76. The van der Waals surface area contributed by atoms with Crippen LogP contribution < -0.4 is 4.74 Å². The maximum atomic E-state index is 6.08. The van der Waals surface area contributed by atoms with Crippen LogP contribution in [-0.4, -0.2) is 34.1 Å². The van der Waals surface area contributed by atoms with Gasteiger partial charge in [0.05, 0.1) is 23.7 Å². The Labute approximate surface area is 187 Å². The predicted molar refractivity (Wildman–Crippen MR) is 129 cm³/mol. The van der Waals surface area contributed by atoms with E-state index in [1.807, 2.05) is 0 Å². The number of rotatable bonds is 8. The second-order valence-electron chi connectivity index (χ2n) is 8.99. The Morgan fingerprint density at radius 2 is 1.71 bits per heavy atom. The molecule has 1 fully saturated rings. The van der Waals surface area contributed by atoms with Crippen molar-refractivity contribution in [3.8, 4) is 5.75 Å². The molecular weight excluding hydrogens is 382 g/mol. The molecule has 2 heterocycles. The van der Waals surface area contributed by atoms with Crippen molar-refractivity contribution < 1.29 is 4.74 Å². The van der Waals surface area contributed by atoms with E-state index < -0.39 is 0 Å². The average Bonchev–Trinajstić information content (AvgIpc) is 2.95. The van der Waals surface area contributed by atoms with Crippen LogP contribution in [0.3, 0.4) is 0 Å². The molecule has 1 aromatic heterocycles. The molecule has 1 unspecified atom stereocenters. The molecule has 4 rings (SSSR count). The van der Waals surface area contributed by atoms with Crippen LogP contribution in [0.25, 0.3) is 11.0 Å². The molecule has 1 atom stereocenters. The summed E-state index contributed by atoms with van der Waals surface area (Å²) in [6.45, 7) is 10.7. The highest BCUT2D eigenvalue weighted by Crippen LogP contribution is 2.27. The minimum absolute atomic E-state index is 0.358. The lowest BCUT2D eigenvalue weighted by Crippen LogP contribution is -2.30. The number of aryl methyl sites for hydroxylation is 2. The van der Waals surface area contributed by atoms with Crippen molar-refractivity contribution in [3.05, 3.63) is 59.4 Å². The number of fused-ring (bicyclic) bond motifs is 1. The maximum absolute atomic E-state index is 6.08. The number of aromatic nitrogens is 2. The van der Waals surface area contributed by atoms with Crippen LogP contribution >= 0.6 is 0 Å². The van der Waals surface area contributed by atoms with Gasteiger partial charge >= 0.3 is 0 Å². The summed E-state index contributed by atoms with van der Waals surface area (Å²) in [4.78, 5) is 7.71. The number of hydrogen-bond acceptors (Lipinski definition) is 3. The number of imidazole rings is 1. The molecule has 1 aliphatic heterocycles. The summed E-state index contributed by atoms with van der Waals surface area (Å²) < 4.78 is 8.54. The van der Waals surface area contributed by atoms with Crippen molar-refractivity contribution >= 4 is 11.0 Å². The molecule has 166 valence electrons. The zero-order valence-electron chi connectivity index (χ0n) is 19.4. The number of hydrogen-bond donors (Lipinski definition) is 0. The summed E-state index contributed by atoms with van der Waals surface area (Å²) in [7, 11) is 0. The van der Waals surface area contributed by atoms with E-state index in [2.05, 4.69) is 72.7 Å². The van der Waals surface area contributed by atoms with E-state index >= 15 is 0 Å². The fraction of sp³-hybridized carbons (Fsp3) is 0.519. The van der Waals surface area contributed by atoms with Gasteiger partial charge in [-0.2, -0.15) is 0 Å². The summed E-state index contributed by atoms with van der Waals surface area (Å²) in [5.74, 6) is 2.24. The molecule has 3 aromatic rings. The van der Waals surface area contributed by atoms with Gasteiger partial charge in [-0.15, -0.1) is 0 Å². The van der Waals surface area contributed by atoms with Crippen molar-refractivity contribution in [2.75, 3.05) is 19.7 Å².